The molecule has 2 saturated heterocycles. The summed E-state index contributed by atoms with van der Waals surface area (Å²) in [6, 6.07) is 6.51. The number of morpholine rings is 1. The number of carbonyl (C=O) groups excluding carboxylic acids is 1. The Morgan fingerprint density at radius 1 is 1.38 bits per heavy atom. The fraction of sp³-hybridized carbons (Fsp3) is 0.611. The largest absolute Gasteiger partial charge is 0.393 e. The molecule has 0 saturated carbocycles. The average molecular weight is 336 g/mol. The molecule has 2 heterocycles. The van der Waals surface area contributed by atoms with Gasteiger partial charge in [-0.2, -0.15) is 0 Å². The number of nitrogens with one attached hydrogen (secondary N) is 1. The van der Waals surface area contributed by atoms with Crippen LogP contribution in [0.5, 0.6) is 0 Å². The summed E-state index contributed by atoms with van der Waals surface area (Å²) in [6.07, 6.45) is 1.94. The molecule has 132 valence electrons. The van der Waals surface area contributed by atoms with Crippen LogP contribution in [0.15, 0.2) is 24.3 Å². The number of piperidine rings is 1. The van der Waals surface area contributed by atoms with Gasteiger partial charge in [0.2, 0.25) is 5.91 Å². The van der Waals surface area contributed by atoms with Gasteiger partial charge in [0.25, 0.3) is 0 Å². The first-order valence-corrected chi connectivity index (χ1v) is 8.61. The number of amides is 1. The van der Waals surface area contributed by atoms with Gasteiger partial charge in [0.15, 0.2) is 0 Å². The molecule has 1 amide bonds. The van der Waals surface area contributed by atoms with Gasteiger partial charge in [-0.1, -0.05) is 18.2 Å². The standard InChI is InChI=1S/C18H25FN2O3/c19-16-4-2-1-3-15(16)11-18(13-22)12-21(9-10-24-18)17(23)14-5-7-20-8-6-14/h1-4,14,20,22H,5-13H2. The Morgan fingerprint density at radius 2 is 2.12 bits per heavy atom. The molecule has 2 aliphatic heterocycles. The van der Waals surface area contributed by atoms with Gasteiger partial charge in [-0.05, 0) is 37.6 Å². The number of hydrogen-bond acceptors (Lipinski definition) is 4. The minimum absolute atomic E-state index is 0.0363. The van der Waals surface area contributed by atoms with Crippen molar-refractivity contribution >= 4 is 5.91 Å². The van der Waals surface area contributed by atoms with Gasteiger partial charge in [-0.15, -0.1) is 0 Å². The quantitative estimate of drug-likeness (QED) is 0.860. The van der Waals surface area contributed by atoms with Crippen molar-refractivity contribution in [3.05, 3.63) is 35.6 Å². The van der Waals surface area contributed by atoms with E-state index < -0.39 is 5.60 Å². The summed E-state index contributed by atoms with van der Waals surface area (Å²) in [5.41, 5.74) is -0.425. The van der Waals surface area contributed by atoms with Gasteiger partial charge < -0.3 is 20.1 Å². The Bertz CT molecular complexity index is 577. The Balaban J connectivity index is 1.71. The summed E-state index contributed by atoms with van der Waals surface area (Å²) in [7, 11) is 0. The zero-order valence-electron chi connectivity index (χ0n) is 13.8. The molecule has 1 atom stereocenters. The molecular formula is C18H25FN2O3. The average Bonchev–Trinajstić information content (AvgIpc) is 2.64. The molecule has 0 radical (unpaired) electrons. The lowest BCUT2D eigenvalue weighted by molar-refractivity contribution is -0.162. The van der Waals surface area contributed by atoms with E-state index in [2.05, 4.69) is 5.32 Å². The third kappa shape index (κ3) is 3.77. The molecule has 3 rings (SSSR count). The second-order valence-electron chi connectivity index (χ2n) is 6.74. The van der Waals surface area contributed by atoms with E-state index >= 15 is 0 Å². The summed E-state index contributed by atoms with van der Waals surface area (Å²) in [6.45, 7) is 2.69. The Hall–Kier alpha value is -1.50. The molecule has 0 spiro atoms. The van der Waals surface area contributed by atoms with Crippen molar-refractivity contribution < 1.29 is 19.0 Å². The molecule has 1 aromatic rings. The van der Waals surface area contributed by atoms with Crippen LogP contribution in [0, 0.1) is 11.7 Å². The van der Waals surface area contributed by atoms with E-state index in [1.807, 2.05) is 0 Å². The van der Waals surface area contributed by atoms with Crippen LogP contribution in [0.3, 0.4) is 0 Å². The van der Waals surface area contributed by atoms with Crippen molar-refractivity contribution in [1.29, 1.82) is 0 Å². The zero-order chi connectivity index (χ0) is 17.0. The monoisotopic (exact) mass is 336 g/mol. The highest BCUT2D eigenvalue weighted by Gasteiger charge is 2.40. The molecule has 6 heteroatoms. The molecule has 2 aliphatic rings. The van der Waals surface area contributed by atoms with Crippen molar-refractivity contribution in [2.45, 2.75) is 24.9 Å². The minimum atomic E-state index is -0.928. The lowest BCUT2D eigenvalue weighted by Crippen LogP contribution is -2.58. The second-order valence-corrected chi connectivity index (χ2v) is 6.74. The third-order valence-electron chi connectivity index (χ3n) is 5.01. The summed E-state index contributed by atoms with van der Waals surface area (Å²) in [5, 5.41) is 13.2. The van der Waals surface area contributed by atoms with Gasteiger partial charge >= 0.3 is 0 Å². The van der Waals surface area contributed by atoms with Crippen LogP contribution in [-0.4, -0.2) is 60.9 Å². The number of benzene rings is 1. The van der Waals surface area contributed by atoms with Crippen LogP contribution in [-0.2, 0) is 16.0 Å². The normalized spacial score (nSPS) is 25.7. The fourth-order valence-electron chi connectivity index (χ4n) is 3.61. The van der Waals surface area contributed by atoms with E-state index in [0.717, 1.165) is 25.9 Å². The maximum atomic E-state index is 14.0. The van der Waals surface area contributed by atoms with Crippen molar-refractivity contribution in [2.75, 3.05) is 39.4 Å². The molecule has 1 unspecified atom stereocenters. The molecule has 5 nitrogen and oxygen atoms in total. The molecule has 2 fully saturated rings. The Labute approximate surface area is 141 Å². The molecular weight excluding hydrogens is 311 g/mol. The summed E-state index contributed by atoms with van der Waals surface area (Å²) >= 11 is 0. The SMILES string of the molecule is O=C(C1CCNCC1)N1CCOC(CO)(Cc2ccccc2F)C1. The number of ether oxygens (including phenoxy) is 1. The molecule has 0 bridgehead atoms. The van der Waals surface area contributed by atoms with Crippen LogP contribution < -0.4 is 5.32 Å². The number of carbonyl (C=O) groups is 1. The van der Waals surface area contributed by atoms with Gasteiger partial charge in [0.05, 0.1) is 19.8 Å². The maximum absolute atomic E-state index is 14.0. The van der Waals surface area contributed by atoms with Crippen molar-refractivity contribution in [3.8, 4) is 0 Å². The number of aliphatic hydroxyl groups is 1. The molecule has 0 aromatic heterocycles. The summed E-state index contributed by atoms with van der Waals surface area (Å²) in [4.78, 5) is 14.6. The topological polar surface area (TPSA) is 61.8 Å². The first-order chi connectivity index (χ1) is 11.6. The molecule has 24 heavy (non-hydrogen) atoms. The van der Waals surface area contributed by atoms with Crippen LogP contribution in [0.1, 0.15) is 18.4 Å². The number of halogens is 1. The van der Waals surface area contributed by atoms with Crippen LogP contribution in [0.2, 0.25) is 0 Å². The minimum Gasteiger partial charge on any atom is -0.393 e. The Morgan fingerprint density at radius 3 is 2.83 bits per heavy atom. The first-order valence-electron chi connectivity index (χ1n) is 8.61. The van der Waals surface area contributed by atoms with Crippen molar-refractivity contribution in [3.63, 3.8) is 0 Å². The summed E-state index contributed by atoms with van der Waals surface area (Å²) < 4.78 is 19.8. The lowest BCUT2D eigenvalue weighted by atomic mass is 9.91. The predicted molar refractivity (Wildman–Crippen MR) is 88.0 cm³/mol. The first kappa shape index (κ1) is 17.3. The summed E-state index contributed by atoms with van der Waals surface area (Å²) in [5.74, 6) is -0.143. The smallest absolute Gasteiger partial charge is 0.225 e. The van der Waals surface area contributed by atoms with Crippen LogP contribution in [0.4, 0.5) is 4.39 Å². The van der Waals surface area contributed by atoms with E-state index in [-0.39, 0.29) is 30.7 Å². The second kappa shape index (κ2) is 7.59. The highest BCUT2D eigenvalue weighted by molar-refractivity contribution is 5.79. The highest BCUT2D eigenvalue weighted by atomic mass is 19.1. The maximum Gasteiger partial charge on any atom is 0.225 e. The van der Waals surface area contributed by atoms with E-state index in [1.165, 1.54) is 6.07 Å². The van der Waals surface area contributed by atoms with E-state index in [1.54, 1.807) is 23.1 Å². The van der Waals surface area contributed by atoms with Gasteiger partial charge in [0.1, 0.15) is 11.4 Å². The molecule has 2 N–H and O–H groups in total. The van der Waals surface area contributed by atoms with Gasteiger partial charge in [-0.25, -0.2) is 4.39 Å². The number of aliphatic hydroxyl groups excluding tert-OH is 1. The highest BCUT2D eigenvalue weighted by Crippen LogP contribution is 2.26. The van der Waals surface area contributed by atoms with E-state index in [4.69, 9.17) is 4.74 Å². The van der Waals surface area contributed by atoms with Gasteiger partial charge in [-0.3, -0.25) is 4.79 Å². The van der Waals surface area contributed by atoms with E-state index in [9.17, 15) is 14.3 Å². The zero-order valence-corrected chi connectivity index (χ0v) is 13.8. The van der Waals surface area contributed by atoms with E-state index in [0.29, 0.717) is 25.3 Å². The number of nitrogens with zero attached hydrogens (tertiary/aromatic N) is 1. The van der Waals surface area contributed by atoms with Crippen molar-refractivity contribution in [2.24, 2.45) is 5.92 Å². The number of hydrogen-bond donors (Lipinski definition) is 2. The third-order valence-corrected chi connectivity index (χ3v) is 5.01. The number of rotatable bonds is 4. The molecule has 1 aromatic carbocycles. The predicted octanol–water partition coefficient (Wildman–Crippen LogP) is 0.958. The molecule has 0 aliphatic carbocycles. The Kier molecular flexibility index (Phi) is 5.48. The van der Waals surface area contributed by atoms with Crippen LogP contribution >= 0.6 is 0 Å². The van der Waals surface area contributed by atoms with Crippen molar-refractivity contribution in [1.82, 2.24) is 10.2 Å². The fourth-order valence-corrected chi connectivity index (χ4v) is 3.61. The lowest BCUT2D eigenvalue weighted by Gasteiger charge is -2.43. The van der Waals surface area contributed by atoms with Gasteiger partial charge in [0, 0.05) is 18.9 Å². The van der Waals surface area contributed by atoms with Crippen LogP contribution in [0.25, 0.3) is 0 Å².